The second-order valence-electron chi connectivity index (χ2n) is 9.29. The molecule has 1 N–H and O–H groups in total. The van der Waals surface area contributed by atoms with Crippen LogP contribution in [0.5, 0.6) is 0 Å². The van der Waals surface area contributed by atoms with E-state index in [2.05, 4.69) is 23.3 Å². The molecule has 4 rings (SSSR count). The smallest absolute Gasteiger partial charge is 0.321 e. The maximum absolute atomic E-state index is 13.1. The standard InChI is InChI=1S/C27H36N4O2/c1-29(24-14-6-3-7-15-24)21-23-13-8-9-16-25(23)28-27(33)31-18-10-17-30(19-20-31)26(32)22-11-4-2-5-12-22/h2,4-5,8-9,11-13,16,24H,3,6-7,10,14-15,17-21H2,1H3,(H,28,33). The van der Waals surface area contributed by atoms with E-state index in [0.29, 0.717) is 37.8 Å². The van der Waals surface area contributed by atoms with Crippen LogP contribution in [-0.4, -0.2) is 65.9 Å². The molecule has 33 heavy (non-hydrogen) atoms. The monoisotopic (exact) mass is 448 g/mol. The summed E-state index contributed by atoms with van der Waals surface area (Å²) < 4.78 is 0. The first-order chi connectivity index (χ1) is 16.1. The molecule has 6 nitrogen and oxygen atoms in total. The molecule has 1 saturated heterocycles. The largest absolute Gasteiger partial charge is 0.337 e. The fourth-order valence-electron chi connectivity index (χ4n) is 4.98. The lowest BCUT2D eigenvalue weighted by molar-refractivity contribution is 0.0762. The molecule has 0 atom stereocenters. The summed E-state index contributed by atoms with van der Waals surface area (Å²) in [7, 11) is 2.20. The van der Waals surface area contributed by atoms with Gasteiger partial charge in [-0.1, -0.05) is 55.7 Å². The number of benzene rings is 2. The molecule has 1 aliphatic carbocycles. The van der Waals surface area contributed by atoms with Crippen molar-refractivity contribution >= 4 is 17.6 Å². The van der Waals surface area contributed by atoms with E-state index >= 15 is 0 Å². The molecule has 1 heterocycles. The van der Waals surface area contributed by atoms with Gasteiger partial charge in [0.1, 0.15) is 0 Å². The highest BCUT2D eigenvalue weighted by molar-refractivity contribution is 5.94. The lowest BCUT2D eigenvalue weighted by Crippen LogP contribution is -2.39. The first kappa shape index (κ1) is 23.3. The number of nitrogens with one attached hydrogen (secondary N) is 1. The minimum absolute atomic E-state index is 0.0361. The molecule has 0 unspecified atom stereocenters. The Bertz CT molecular complexity index is 927. The van der Waals surface area contributed by atoms with Crippen molar-refractivity contribution in [2.75, 3.05) is 38.5 Å². The zero-order valence-corrected chi connectivity index (χ0v) is 19.7. The van der Waals surface area contributed by atoms with Crippen molar-refractivity contribution in [2.45, 2.75) is 51.1 Å². The summed E-state index contributed by atoms with van der Waals surface area (Å²) in [5, 5.41) is 3.15. The number of carbonyl (C=O) groups is 2. The van der Waals surface area contributed by atoms with E-state index in [1.54, 1.807) is 0 Å². The molecule has 0 spiro atoms. The molecule has 6 heteroatoms. The Morgan fingerprint density at radius 2 is 1.52 bits per heavy atom. The van der Waals surface area contributed by atoms with Crippen LogP contribution in [0.1, 0.15) is 54.4 Å². The minimum atomic E-state index is -0.0863. The van der Waals surface area contributed by atoms with Crippen LogP contribution in [0.3, 0.4) is 0 Å². The van der Waals surface area contributed by atoms with Gasteiger partial charge in [-0.2, -0.15) is 0 Å². The number of hydrogen-bond acceptors (Lipinski definition) is 3. The van der Waals surface area contributed by atoms with Crippen molar-refractivity contribution in [3.8, 4) is 0 Å². The summed E-state index contributed by atoms with van der Waals surface area (Å²) in [5.74, 6) is 0.0361. The van der Waals surface area contributed by atoms with Crippen LogP contribution in [0.4, 0.5) is 10.5 Å². The van der Waals surface area contributed by atoms with Gasteiger partial charge < -0.3 is 15.1 Å². The number of hydrogen-bond donors (Lipinski definition) is 1. The van der Waals surface area contributed by atoms with Gasteiger partial charge in [0.15, 0.2) is 0 Å². The predicted octanol–water partition coefficient (Wildman–Crippen LogP) is 4.83. The summed E-state index contributed by atoms with van der Waals surface area (Å²) in [5.41, 5.74) is 2.73. The lowest BCUT2D eigenvalue weighted by Gasteiger charge is -2.31. The van der Waals surface area contributed by atoms with Crippen LogP contribution in [0.15, 0.2) is 54.6 Å². The molecule has 3 amide bonds. The van der Waals surface area contributed by atoms with Gasteiger partial charge >= 0.3 is 6.03 Å². The topological polar surface area (TPSA) is 55.9 Å². The maximum Gasteiger partial charge on any atom is 0.321 e. The van der Waals surface area contributed by atoms with Crippen molar-refractivity contribution in [2.24, 2.45) is 0 Å². The highest BCUT2D eigenvalue weighted by Crippen LogP contribution is 2.25. The van der Waals surface area contributed by atoms with E-state index in [-0.39, 0.29) is 11.9 Å². The zero-order chi connectivity index (χ0) is 23.0. The molecule has 0 bridgehead atoms. The van der Waals surface area contributed by atoms with Crippen LogP contribution in [-0.2, 0) is 6.54 Å². The van der Waals surface area contributed by atoms with Gasteiger partial charge in [-0.05, 0) is 50.1 Å². The first-order valence-electron chi connectivity index (χ1n) is 12.3. The lowest BCUT2D eigenvalue weighted by atomic mass is 9.94. The van der Waals surface area contributed by atoms with Gasteiger partial charge in [0.2, 0.25) is 0 Å². The van der Waals surface area contributed by atoms with Crippen LogP contribution in [0.2, 0.25) is 0 Å². The van der Waals surface area contributed by atoms with E-state index < -0.39 is 0 Å². The molecule has 2 aromatic carbocycles. The average molecular weight is 449 g/mol. The Hall–Kier alpha value is -2.86. The average Bonchev–Trinajstić information content (AvgIpc) is 3.12. The minimum Gasteiger partial charge on any atom is -0.337 e. The molecular weight excluding hydrogens is 412 g/mol. The number of amides is 3. The molecule has 2 fully saturated rings. The Balaban J connectivity index is 1.35. The van der Waals surface area contributed by atoms with Gasteiger partial charge in [0.25, 0.3) is 5.91 Å². The zero-order valence-electron chi connectivity index (χ0n) is 19.7. The van der Waals surface area contributed by atoms with Crippen molar-refractivity contribution in [1.82, 2.24) is 14.7 Å². The van der Waals surface area contributed by atoms with Crippen molar-refractivity contribution in [3.63, 3.8) is 0 Å². The Morgan fingerprint density at radius 1 is 0.848 bits per heavy atom. The Labute approximate surface area is 197 Å². The first-order valence-corrected chi connectivity index (χ1v) is 12.3. The van der Waals surface area contributed by atoms with Crippen molar-refractivity contribution < 1.29 is 9.59 Å². The summed E-state index contributed by atoms with van der Waals surface area (Å²) in [6, 6.07) is 18.0. The van der Waals surface area contributed by atoms with E-state index in [1.807, 2.05) is 58.3 Å². The highest BCUT2D eigenvalue weighted by atomic mass is 16.2. The summed E-state index contributed by atoms with van der Waals surface area (Å²) in [6.07, 6.45) is 7.27. The quantitative estimate of drug-likeness (QED) is 0.713. The second kappa shape index (κ2) is 11.3. The molecular formula is C27H36N4O2. The van der Waals surface area contributed by atoms with Crippen LogP contribution in [0.25, 0.3) is 0 Å². The van der Waals surface area contributed by atoms with Crippen LogP contribution < -0.4 is 5.32 Å². The van der Waals surface area contributed by atoms with Crippen molar-refractivity contribution in [3.05, 3.63) is 65.7 Å². The van der Waals surface area contributed by atoms with Gasteiger partial charge in [-0.3, -0.25) is 9.69 Å². The number of carbonyl (C=O) groups excluding carboxylic acids is 2. The molecule has 176 valence electrons. The number of urea groups is 1. The van der Waals surface area contributed by atoms with E-state index in [1.165, 1.54) is 32.1 Å². The maximum atomic E-state index is 13.1. The molecule has 2 aliphatic rings. The molecule has 0 radical (unpaired) electrons. The Morgan fingerprint density at radius 3 is 2.30 bits per heavy atom. The van der Waals surface area contributed by atoms with E-state index in [4.69, 9.17) is 0 Å². The predicted molar refractivity (Wildman–Crippen MR) is 132 cm³/mol. The number of para-hydroxylation sites is 1. The highest BCUT2D eigenvalue weighted by Gasteiger charge is 2.24. The third kappa shape index (κ3) is 6.14. The van der Waals surface area contributed by atoms with E-state index in [9.17, 15) is 9.59 Å². The van der Waals surface area contributed by atoms with Crippen LogP contribution >= 0.6 is 0 Å². The Kier molecular flexibility index (Phi) is 8.00. The number of anilines is 1. The SMILES string of the molecule is CN(Cc1ccccc1NC(=O)N1CCCN(C(=O)c2ccccc2)CC1)C1CCCCC1. The van der Waals surface area contributed by atoms with Gasteiger partial charge in [-0.15, -0.1) is 0 Å². The van der Waals surface area contributed by atoms with Gasteiger partial charge in [0.05, 0.1) is 0 Å². The molecule has 1 saturated carbocycles. The van der Waals surface area contributed by atoms with Gasteiger partial charge in [0, 0.05) is 50.0 Å². The van der Waals surface area contributed by atoms with Crippen molar-refractivity contribution in [1.29, 1.82) is 0 Å². The fraction of sp³-hybridized carbons (Fsp3) is 0.481. The summed E-state index contributed by atoms with van der Waals surface area (Å²) in [6.45, 7) is 3.23. The van der Waals surface area contributed by atoms with Gasteiger partial charge in [-0.25, -0.2) is 4.79 Å². The number of nitrogens with zero attached hydrogens (tertiary/aromatic N) is 3. The molecule has 1 aliphatic heterocycles. The van der Waals surface area contributed by atoms with E-state index in [0.717, 1.165) is 24.2 Å². The second-order valence-corrected chi connectivity index (χ2v) is 9.29. The molecule has 2 aromatic rings. The summed E-state index contributed by atoms with van der Waals surface area (Å²) in [4.78, 5) is 32.0. The number of rotatable bonds is 5. The fourth-order valence-corrected chi connectivity index (χ4v) is 4.98. The summed E-state index contributed by atoms with van der Waals surface area (Å²) >= 11 is 0. The third-order valence-electron chi connectivity index (χ3n) is 6.97. The van der Waals surface area contributed by atoms with Crippen LogP contribution in [0, 0.1) is 0 Å². The molecule has 0 aromatic heterocycles. The normalized spacial score (nSPS) is 17.6. The third-order valence-corrected chi connectivity index (χ3v) is 6.97.